The Bertz CT molecular complexity index is 789. The Morgan fingerprint density at radius 3 is 3.05 bits per heavy atom. The van der Waals surface area contributed by atoms with Crippen LogP contribution in [0.5, 0.6) is 0 Å². The van der Waals surface area contributed by atoms with Gasteiger partial charge in [-0.15, -0.1) is 16.4 Å². The lowest BCUT2D eigenvalue weighted by Gasteiger charge is -2.00. The van der Waals surface area contributed by atoms with Gasteiger partial charge in [0.05, 0.1) is 17.9 Å². The maximum atomic E-state index is 11.9. The Hall–Kier alpha value is -2.06. The minimum Gasteiger partial charge on any atom is -0.330 e. The van der Waals surface area contributed by atoms with Gasteiger partial charge in [0, 0.05) is 23.8 Å². The van der Waals surface area contributed by atoms with Crippen LogP contribution in [0.15, 0.2) is 28.6 Å². The van der Waals surface area contributed by atoms with Gasteiger partial charge >= 0.3 is 0 Å². The Labute approximate surface area is 125 Å². The molecule has 2 N–H and O–H groups in total. The van der Waals surface area contributed by atoms with E-state index in [0.29, 0.717) is 23.7 Å². The number of rotatable bonds is 6. The van der Waals surface area contributed by atoms with Crippen molar-refractivity contribution in [1.82, 2.24) is 24.4 Å². The summed E-state index contributed by atoms with van der Waals surface area (Å²) in [5, 5.41) is 10.0. The van der Waals surface area contributed by atoms with Crippen LogP contribution in [0, 0.1) is 0 Å². The second-order valence-corrected chi connectivity index (χ2v) is 5.67. The van der Waals surface area contributed by atoms with Crippen LogP contribution in [0.4, 0.5) is 0 Å². The van der Waals surface area contributed by atoms with Crippen molar-refractivity contribution in [2.45, 2.75) is 25.8 Å². The lowest BCUT2D eigenvalue weighted by molar-refractivity contribution is 0.637. The van der Waals surface area contributed by atoms with Crippen molar-refractivity contribution in [3.63, 3.8) is 0 Å². The highest BCUT2D eigenvalue weighted by Gasteiger charge is 2.06. The molecule has 0 fully saturated rings. The highest BCUT2D eigenvalue weighted by atomic mass is 32.1. The molecule has 0 amide bonds. The van der Waals surface area contributed by atoms with Gasteiger partial charge in [0.25, 0.3) is 5.56 Å². The second kappa shape index (κ2) is 6.15. The first kappa shape index (κ1) is 13.9. The number of fused-ring (bicyclic) bond motifs is 1. The van der Waals surface area contributed by atoms with Gasteiger partial charge in [-0.05, 0) is 25.8 Å². The van der Waals surface area contributed by atoms with E-state index in [2.05, 4.69) is 15.3 Å². The molecule has 3 heterocycles. The first-order valence-electron chi connectivity index (χ1n) is 6.81. The van der Waals surface area contributed by atoms with Gasteiger partial charge < -0.3 is 5.73 Å². The van der Waals surface area contributed by atoms with Crippen molar-refractivity contribution in [2.24, 2.45) is 5.73 Å². The summed E-state index contributed by atoms with van der Waals surface area (Å²) >= 11 is 1.44. The maximum absolute atomic E-state index is 11.9. The average Bonchev–Trinajstić information content (AvgIpc) is 3.09. The van der Waals surface area contributed by atoms with E-state index in [-0.39, 0.29) is 5.56 Å². The number of nitrogens with zero attached hydrogens (tertiary/aromatic N) is 5. The third-order valence-corrected chi connectivity index (χ3v) is 3.91. The van der Waals surface area contributed by atoms with E-state index in [1.54, 1.807) is 10.9 Å². The first-order chi connectivity index (χ1) is 10.3. The largest absolute Gasteiger partial charge is 0.330 e. The van der Waals surface area contributed by atoms with Crippen molar-refractivity contribution in [3.05, 3.63) is 45.6 Å². The van der Waals surface area contributed by atoms with Gasteiger partial charge in [-0.2, -0.15) is 0 Å². The molecule has 21 heavy (non-hydrogen) atoms. The van der Waals surface area contributed by atoms with Crippen LogP contribution >= 0.6 is 11.3 Å². The predicted octanol–water partition coefficient (Wildman–Crippen LogP) is 0.677. The fourth-order valence-corrected chi connectivity index (χ4v) is 2.85. The second-order valence-electron chi connectivity index (χ2n) is 4.79. The van der Waals surface area contributed by atoms with Gasteiger partial charge in [-0.1, -0.05) is 5.21 Å². The summed E-state index contributed by atoms with van der Waals surface area (Å²) in [6.45, 7) is 1.15. The normalized spacial score (nSPS) is 11.3. The quantitative estimate of drug-likeness (QED) is 0.676. The van der Waals surface area contributed by atoms with Crippen LogP contribution < -0.4 is 11.3 Å². The number of hydrogen-bond acceptors (Lipinski definition) is 6. The summed E-state index contributed by atoms with van der Waals surface area (Å²) in [6, 6.07) is 1.54. The summed E-state index contributed by atoms with van der Waals surface area (Å²) in [5.41, 5.74) is 7.04. The molecule has 110 valence electrons. The molecule has 0 bridgehead atoms. The molecule has 3 aromatic rings. The van der Waals surface area contributed by atoms with E-state index in [0.717, 1.165) is 25.0 Å². The number of nitrogens with two attached hydrogens (primary N) is 1. The SMILES string of the molecule is NCCCCc1cn(Cc2cc(=O)n3ccsc3n2)nn1. The average molecular weight is 304 g/mol. The van der Waals surface area contributed by atoms with Gasteiger partial charge in [0.15, 0.2) is 4.96 Å². The zero-order chi connectivity index (χ0) is 14.7. The Kier molecular flexibility index (Phi) is 4.07. The van der Waals surface area contributed by atoms with Crippen molar-refractivity contribution in [2.75, 3.05) is 6.54 Å². The number of aryl methyl sites for hydroxylation is 1. The van der Waals surface area contributed by atoms with Gasteiger partial charge in [-0.25, -0.2) is 9.67 Å². The van der Waals surface area contributed by atoms with Crippen LogP contribution in [0.1, 0.15) is 24.2 Å². The summed E-state index contributed by atoms with van der Waals surface area (Å²) in [7, 11) is 0. The molecule has 0 aliphatic heterocycles. The molecular weight excluding hydrogens is 288 g/mol. The Morgan fingerprint density at radius 2 is 2.19 bits per heavy atom. The third-order valence-electron chi connectivity index (χ3n) is 3.15. The molecular formula is C13H16N6OS. The van der Waals surface area contributed by atoms with Gasteiger partial charge in [0.2, 0.25) is 0 Å². The fourth-order valence-electron chi connectivity index (χ4n) is 2.12. The monoisotopic (exact) mass is 304 g/mol. The Balaban J connectivity index is 1.74. The first-order valence-corrected chi connectivity index (χ1v) is 7.69. The van der Waals surface area contributed by atoms with E-state index in [1.807, 2.05) is 11.6 Å². The standard InChI is InChI=1S/C13H16N6OS/c14-4-2-1-3-10-8-18(17-16-10)9-11-7-12(20)19-5-6-21-13(19)15-11/h5-8H,1-4,9,14H2. The minimum absolute atomic E-state index is 0.0699. The summed E-state index contributed by atoms with van der Waals surface area (Å²) < 4.78 is 3.25. The van der Waals surface area contributed by atoms with Crippen LogP contribution in [0.25, 0.3) is 4.96 Å². The molecule has 0 spiro atoms. The summed E-state index contributed by atoms with van der Waals surface area (Å²) in [4.78, 5) is 17.1. The van der Waals surface area contributed by atoms with Crippen LogP contribution in [-0.2, 0) is 13.0 Å². The van der Waals surface area contributed by atoms with E-state index in [4.69, 9.17) is 5.73 Å². The number of hydrogen-bond donors (Lipinski definition) is 1. The van der Waals surface area contributed by atoms with E-state index in [1.165, 1.54) is 21.8 Å². The molecule has 0 saturated heterocycles. The molecule has 0 radical (unpaired) electrons. The third kappa shape index (κ3) is 3.17. The number of unbranched alkanes of at least 4 members (excludes halogenated alkanes) is 1. The highest BCUT2D eigenvalue weighted by Crippen LogP contribution is 2.08. The van der Waals surface area contributed by atoms with Gasteiger partial charge in [-0.3, -0.25) is 9.20 Å². The predicted molar refractivity (Wildman–Crippen MR) is 80.5 cm³/mol. The number of aromatic nitrogens is 5. The molecule has 8 heteroatoms. The zero-order valence-corrected chi connectivity index (χ0v) is 12.3. The lowest BCUT2D eigenvalue weighted by Crippen LogP contribution is -2.14. The molecule has 0 aliphatic carbocycles. The summed E-state index contributed by atoms with van der Waals surface area (Å²) in [6.07, 6.45) is 6.49. The minimum atomic E-state index is -0.0699. The molecule has 0 saturated carbocycles. The lowest BCUT2D eigenvalue weighted by atomic mass is 10.2. The van der Waals surface area contributed by atoms with Crippen molar-refractivity contribution < 1.29 is 0 Å². The van der Waals surface area contributed by atoms with Gasteiger partial charge in [0.1, 0.15) is 0 Å². The van der Waals surface area contributed by atoms with E-state index in [9.17, 15) is 4.79 Å². The molecule has 0 atom stereocenters. The van der Waals surface area contributed by atoms with Crippen LogP contribution in [0.2, 0.25) is 0 Å². The highest BCUT2D eigenvalue weighted by molar-refractivity contribution is 7.15. The number of thiazole rings is 1. The smallest absolute Gasteiger partial charge is 0.258 e. The molecule has 3 rings (SSSR count). The summed E-state index contributed by atoms with van der Waals surface area (Å²) in [5.74, 6) is 0. The fraction of sp³-hybridized carbons (Fsp3) is 0.385. The van der Waals surface area contributed by atoms with E-state index >= 15 is 0 Å². The van der Waals surface area contributed by atoms with Crippen molar-refractivity contribution in [3.8, 4) is 0 Å². The molecule has 0 unspecified atom stereocenters. The maximum Gasteiger partial charge on any atom is 0.258 e. The molecule has 7 nitrogen and oxygen atoms in total. The van der Waals surface area contributed by atoms with Crippen molar-refractivity contribution in [1.29, 1.82) is 0 Å². The Morgan fingerprint density at radius 1 is 1.29 bits per heavy atom. The van der Waals surface area contributed by atoms with E-state index < -0.39 is 0 Å². The zero-order valence-electron chi connectivity index (χ0n) is 11.5. The molecule has 0 aromatic carbocycles. The topological polar surface area (TPSA) is 91.1 Å². The van der Waals surface area contributed by atoms with Crippen molar-refractivity contribution >= 4 is 16.3 Å². The van der Waals surface area contributed by atoms with Crippen LogP contribution in [-0.4, -0.2) is 30.9 Å². The molecule has 0 aliphatic rings. The van der Waals surface area contributed by atoms with Crippen LogP contribution in [0.3, 0.4) is 0 Å². The molecule has 3 aromatic heterocycles.